The topological polar surface area (TPSA) is 100 Å². The predicted molar refractivity (Wildman–Crippen MR) is 127 cm³/mol. The molecule has 0 fully saturated rings. The minimum Gasteiger partial charge on any atom is -0.490 e. The molecule has 0 saturated carbocycles. The lowest BCUT2D eigenvalue weighted by Crippen LogP contribution is -2.05. The van der Waals surface area contributed by atoms with E-state index in [4.69, 9.17) is 25.8 Å². The summed E-state index contributed by atoms with van der Waals surface area (Å²) in [6.07, 6.45) is 1.48. The van der Waals surface area contributed by atoms with Gasteiger partial charge in [0.2, 0.25) is 5.90 Å². The van der Waals surface area contributed by atoms with Crippen molar-refractivity contribution >= 4 is 35.2 Å². The summed E-state index contributed by atoms with van der Waals surface area (Å²) in [7, 11) is 0. The summed E-state index contributed by atoms with van der Waals surface area (Å²) < 4.78 is 29.8. The van der Waals surface area contributed by atoms with Crippen molar-refractivity contribution in [2.24, 2.45) is 4.99 Å². The Kier molecular flexibility index (Phi) is 7.07. The maximum Gasteiger partial charge on any atom is 0.363 e. The van der Waals surface area contributed by atoms with Gasteiger partial charge < -0.3 is 14.2 Å². The van der Waals surface area contributed by atoms with Gasteiger partial charge in [0, 0.05) is 17.7 Å². The Hall–Kier alpha value is -4.24. The highest BCUT2D eigenvalue weighted by Crippen LogP contribution is 2.38. The van der Waals surface area contributed by atoms with Gasteiger partial charge in [0.1, 0.15) is 12.4 Å². The molecule has 3 aromatic carbocycles. The number of esters is 1. The molecule has 4 rings (SSSR count). The van der Waals surface area contributed by atoms with Crippen molar-refractivity contribution in [1.82, 2.24) is 0 Å². The van der Waals surface area contributed by atoms with Crippen LogP contribution >= 0.6 is 11.6 Å². The molecule has 35 heavy (non-hydrogen) atoms. The molecule has 0 saturated heterocycles. The highest BCUT2D eigenvalue weighted by atomic mass is 35.5. The number of carbonyl (C=O) groups excluding carboxylic acids is 1. The van der Waals surface area contributed by atoms with Gasteiger partial charge in [-0.05, 0) is 60.5 Å². The number of halogens is 2. The van der Waals surface area contributed by atoms with E-state index in [9.17, 15) is 19.3 Å². The second kappa shape index (κ2) is 10.4. The van der Waals surface area contributed by atoms with E-state index >= 15 is 0 Å². The first kappa shape index (κ1) is 23.9. The van der Waals surface area contributed by atoms with Crippen LogP contribution in [-0.2, 0) is 16.1 Å². The number of non-ortho nitro benzene ring substituents is 1. The van der Waals surface area contributed by atoms with E-state index in [0.29, 0.717) is 29.2 Å². The number of hydrogen-bond acceptors (Lipinski definition) is 7. The van der Waals surface area contributed by atoms with Crippen LogP contribution in [0.15, 0.2) is 71.4 Å². The molecule has 0 aliphatic carbocycles. The maximum absolute atomic E-state index is 13.1. The van der Waals surface area contributed by atoms with Crippen LogP contribution in [0, 0.1) is 15.9 Å². The number of ether oxygens (including phenoxy) is 3. The molecule has 3 aromatic rings. The summed E-state index contributed by atoms with van der Waals surface area (Å²) in [6, 6.07) is 14.6. The number of carbonyl (C=O) groups is 1. The third-order valence-corrected chi connectivity index (χ3v) is 5.16. The summed E-state index contributed by atoms with van der Waals surface area (Å²) in [4.78, 5) is 26.9. The van der Waals surface area contributed by atoms with Gasteiger partial charge >= 0.3 is 5.97 Å². The third kappa shape index (κ3) is 5.64. The molecule has 1 aliphatic heterocycles. The summed E-state index contributed by atoms with van der Waals surface area (Å²) >= 11 is 6.45. The molecule has 0 spiro atoms. The van der Waals surface area contributed by atoms with Gasteiger partial charge in [0.15, 0.2) is 17.2 Å². The lowest BCUT2D eigenvalue weighted by Gasteiger charge is -2.14. The number of benzene rings is 3. The molecule has 10 heteroatoms. The van der Waals surface area contributed by atoms with E-state index in [1.54, 1.807) is 31.2 Å². The molecular weight excluding hydrogens is 479 g/mol. The summed E-state index contributed by atoms with van der Waals surface area (Å²) in [5.41, 5.74) is 1.63. The molecule has 0 bridgehead atoms. The standard InChI is InChI=1S/C25H18ClFN2O6/c1-2-33-22-13-16(11-20(26)23(22)34-14-15-3-7-18(27)8-4-15)12-21-25(30)35-24(28-21)17-5-9-19(10-6-17)29(31)32/h3-13H,2,14H2,1H3/b21-12-. The van der Waals surface area contributed by atoms with E-state index in [1.807, 2.05) is 0 Å². The van der Waals surface area contributed by atoms with Crippen molar-refractivity contribution in [2.45, 2.75) is 13.5 Å². The maximum atomic E-state index is 13.1. The zero-order chi connectivity index (χ0) is 24.9. The lowest BCUT2D eigenvalue weighted by molar-refractivity contribution is -0.384. The molecule has 0 aromatic heterocycles. The van der Waals surface area contributed by atoms with Gasteiger partial charge in [-0.2, -0.15) is 0 Å². The van der Waals surface area contributed by atoms with Crippen molar-refractivity contribution in [3.8, 4) is 11.5 Å². The fraction of sp³-hybridized carbons (Fsp3) is 0.120. The number of nitro benzene ring substituents is 1. The molecule has 1 heterocycles. The van der Waals surface area contributed by atoms with Gasteiger partial charge in [-0.1, -0.05) is 23.7 Å². The first-order valence-electron chi connectivity index (χ1n) is 10.4. The minimum absolute atomic E-state index is 0.0249. The fourth-order valence-electron chi connectivity index (χ4n) is 3.23. The van der Waals surface area contributed by atoms with E-state index < -0.39 is 10.9 Å². The highest BCUT2D eigenvalue weighted by Gasteiger charge is 2.25. The quantitative estimate of drug-likeness (QED) is 0.171. The van der Waals surface area contributed by atoms with E-state index in [-0.39, 0.29) is 34.7 Å². The Morgan fingerprint density at radius 3 is 2.49 bits per heavy atom. The number of rotatable bonds is 8. The van der Waals surface area contributed by atoms with Crippen LogP contribution in [0.2, 0.25) is 5.02 Å². The van der Waals surface area contributed by atoms with Gasteiger partial charge in [0.25, 0.3) is 5.69 Å². The Bertz CT molecular complexity index is 1340. The van der Waals surface area contributed by atoms with Crippen LogP contribution in [-0.4, -0.2) is 23.4 Å². The number of cyclic esters (lactones) is 1. The second-order valence-corrected chi connectivity index (χ2v) is 7.73. The van der Waals surface area contributed by atoms with E-state index in [0.717, 1.165) is 5.56 Å². The second-order valence-electron chi connectivity index (χ2n) is 7.32. The largest absolute Gasteiger partial charge is 0.490 e. The normalized spacial score (nSPS) is 14.0. The van der Waals surface area contributed by atoms with Crippen molar-refractivity contribution in [1.29, 1.82) is 0 Å². The van der Waals surface area contributed by atoms with Crippen molar-refractivity contribution < 1.29 is 28.3 Å². The van der Waals surface area contributed by atoms with Crippen LogP contribution < -0.4 is 9.47 Å². The SMILES string of the molecule is CCOc1cc(/C=C2\N=C(c3ccc([N+](=O)[O-])cc3)OC2=O)cc(Cl)c1OCc1ccc(F)cc1. The molecule has 178 valence electrons. The molecule has 0 N–H and O–H groups in total. The number of aliphatic imine (C=N–C) groups is 1. The fourth-order valence-corrected chi connectivity index (χ4v) is 3.50. The average Bonchev–Trinajstić information content (AvgIpc) is 3.20. The van der Waals surface area contributed by atoms with E-state index in [1.165, 1.54) is 42.5 Å². The summed E-state index contributed by atoms with van der Waals surface area (Å²) in [5, 5.41) is 11.1. The summed E-state index contributed by atoms with van der Waals surface area (Å²) in [5.74, 6) is -0.316. The van der Waals surface area contributed by atoms with Crippen molar-refractivity contribution in [3.05, 3.63) is 104 Å². The molecule has 1 aliphatic rings. The zero-order valence-electron chi connectivity index (χ0n) is 18.4. The van der Waals surface area contributed by atoms with Crippen LogP contribution in [0.1, 0.15) is 23.6 Å². The molecular formula is C25H18ClFN2O6. The minimum atomic E-state index is -0.677. The predicted octanol–water partition coefficient (Wildman–Crippen LogP) is 5.71. The van der Waals surface area contributed by atoms with Crippen molar-refractivity contribution in [2.75, 3.05) is 6.61 Å². The van der Waals surface area contributed by atoms with Gasteiger partial charge in [-0.3, -0.25) is 10.1 Å². The Morgan fingerprint density at radius 1 is 1.11 bits per heavy atom. The first-order chi connectivity index (χ1) is 16.8. The van der Waals surface area contributed by atoms with E-state index in [2.05, 4.69) is 4.99 Å². The van der Waals surface area contributed by atoms with Crippen LogP contribution in [0.4, 0.5) is 10.1 Å². The molecule has 0 atom stereocenters. The summed E-state index contributed by atoms with van der Waals surface area (Å²) in [6.45, 7) is 2.29. The van der Waals surface area contributed by atoms with Crippen LogP contribution in [0.25, 0.3) is 6.08 Å². The number of nitro groups is 1. The highest BCUT2D eigenvalue weighted by molar-refractivity contribution is 6.32. The van der Waals surface area contributed by atoms with Crippen molar-refractivity contribution in [3.63, 3.8) is 0 Å². The van der Waals surface area contributed by atoms with Gasteiger partial charge in [-0.25, -0.2) is 14.2 Å². The average molecular weight is 497 g/mol. The molecule has 0 unspecified atom stereocenters. The van der Waals surface area contributed by atoms with Gasteiger partial charge in [0.05, 0.1) is 16.6 Å². The number of nitrogens with zero attached hydrogens (tertiary/aromatic N) is 2. The van der Waals surface area contributed by atoms with Crippen LogP contribution in [0.5, 0.6) is 11.5 Å². The smallest absolute Gasteiger partial charge is 0.363 e. The first-order valence-corrected chi connectivity index (χ1v) is 10.8. The van der Waals surface area contributed by atoms with Crippen LogP contribution in [0.3, 0.4) is 0 Å². The monoisotopic (exact) mass is 496 g/mol. The Morgan fingerprint density at radius 2 is 1.83 bits per heavy atom. The molecule has 0 radical (unpaired) electrons. The molecule has 8 nitrogen and oxygen atoms in total. The zero-order valence-corrected chi connectivity index (χ0v) is 19.1. The Labute approximate surface area is 204 Å². The number of hydrogen-bond donors (Lipinski definition) is 0. The molecule has 0 amide bonds. The third-order valence-electron chi connectivity index (χ3n) is 4.88. The lowest BCUT2D eigenvalue weighted by atomic mass is 10.1. The van der Waals surface area contributed by atoms with Gasteiger partial charge in [-0.15, -0.1) is 0 Å². The Balaban J connectivity index is 1.59.